The van der Waals surface area contributed by atoms with Crippen LogP contribution in [0, 0.1) is 0 Å². The quantitative estimate of drug-likeness (QED) is 0.631. The summed E-state index contributed by atoms with van der Waals surface area (Å²) in [6.45, 7) is 3.25. The van der Waals surface area contributed by atoms with Crippen LogP contribution in [0.3, 0.4) is 0 Å². The van der Waals surface area contributed by atoms with Crippen molar-refractivity contribution in [1.82, 2.24) is 9.97 Å². The molecule has 0 atom stereocenters. The van der Waals surface area contributed by atoms with E-state index in [9.17, 15) is 0 Å². The number of nitrogens with zero attached hydrogens (tertiary/aromatic N) is 2. The summed E-state index contributed by atoms with van der Waals surface area (Å²) in [5, 5.41) is 3.33. The van der Waals surface area contributed by atoms with E-state index in [2.05, 4.69) is 38.1 Å². The van der Waals surface area contributed by atoms with Gasteiger partial charge in [0.15, 0.2) is 0 Å². The number of rotatable bonds is 10. The Morgan fingerprint density at radius 1 is 1.06 bits per heavy atom. The lowest BCUT2D eigenvalue weighted by Crippen LogP contribution is -2.04. The fourth-order valence-electron chi connectivity index (χ4n) is 1.91. The third-order valence-corrected chi connectivity index (χ3v) is 3.57. The van der Waals surface area contributed by atoms with Gasteiger partial charge in [0.2, 0.25) is 0 Å². The molecule has 0 saturated carbocycles. The highest BCUT2D eigenvalue weighted by Crippen LogP contribution is 2.17. The third-order valence-electron chi connectivity index (χ3n) is 2.99. The minimum Gasteiger partial charge on any atom is -0.369 e. The Morgan fingerprint density at radius 2 is 1.72 bits per heavy atom. The van der Waals surface area contributed by atoms with Gasteiger partial charge in [-0.25, -0.2) is 9.97 Å². The Morgan fingerprint density at radius 3 is 2.39 bits per heavy atom. The molecule has 0 unspecified atom stereocenters. The monoisotopic (exact) mass is 313 g/mol. The van der Waals surface area contributed by atoms with Crippen LogP contribution in [0.2, 0.25) is 0 Å². The number of hydrogen-bond acceptors (Lipinski definition) is 3. The summed E-state index contributed by atoms with van der Waals surface area (Å²) < 4.78 is 0.935. The molecule has 4 heteroatoms. The maximum atomic E-state index is 4.18. The first kappa shape index (κ1) is 15.4. The standard InChI is InChI=1S/C14H24BrN3/c1-2-3-4-5-6-7-8-9-10-17-14-13(15)11-16-12-18-14/h11-12H,2-10H2,1H3,(H,16,17,18). The fourth-order valence-corrected chi connectivity index (χ4v) is 2.27. The van der Waals surface area contributed by atoms with Crippen LogP contribution in [0.1, 0.15) is 58.3 Å². The second-order valence-electron chi connectivity index (χ2n) is 4.62. The highest BCUT2D eigenvalue weighted by atomic mass is 79.9. The molecule has 0 aliphatic rings. The minimum atomic E-state index is 0.896. The molecule has 1 aromatic rings. The molecule has 0 spiro atoms. The average molecular weight is 314 g/mol. The molecule has 0 fully saturated rings. The molecule has 0 amide bonds. The molecule has 0 bridgehead atoms. The molecule has 0 aromatic carbocycles. The Labute approximate surface area is 119 Å². The van der Waals surface area contributed by atoms with Gasteiger partial charge >= 0.3 is 0 Å². The number of nitrogens with one attached hydrogen (secondary N) is 1. The van der Waals surface area contributed by atoms with E-state index in [1.165, 1.54) is 51.4 Å². The maximum absolute atomic E-state index is 4.18. The molecule has 1 N–H and O–H groups in total. The van der Waals surface area contributed by atoms with E-state index in [-0.39, 0.29) is 0 Å². The lowest BCUT2D eigenvalue weighted by molar-refractivity contribution is 0.581. The van der Waals surface area contributed by atoms with Crippen molar-refractivity contribution in [2.45, 2.75) is 58.3 Å². The van der Waals surface area contributed by atoms with Gasteiger partial charge in [0.25, 0.3) is 0 Å². The predicted octanol–water partition coefficient (Wildman–Crippen LogP) is 4.79. The van der Waals surface area contributed by atoms with Crippen molar-refractivity contribution >= 4 is 21.7 Å². The summed E-state index contributed by atoms with van der Waals surface area (Å²) in [7, 11) is 0. The molecule has 102 valence electrons. The molecule has 1 heterocycles. The topological polar surface area (TPSA) is 37.8 Å². The zero-order valence-corrected chi connectivity index (χ0v) is 12.9. The van der Waals surface area contributed by atoms with Crippen LogP contribution in [0.15, 0.2) is 17.0 Å². The highest BCUT2D eigenvalue weighted by Gasteiger charge is 1.98. The Hall–Kier alpha value is -0.640. The van der Waals surface area contributed by atoms with Crippen molar-refractivity contribution in [2.75, 3.05) is 11.9 Å². The summed E-state index contributed by atoms with van der Waals surface area (Å²) in [4.78, 5) is 8.12. The van der Waals surface area contributed by atoms with Crippen molar-refractivity contribution in [3.63, 3.8) is 0 Å². The smallest absolute Gasteiger partial charge is 0.143 e. The Bertz CT molecular complexity index is 318. The summed E-state index contributed by atoms with van der Waals surface area (Å²) in [6.07, 6.45) is 14.1. The van der Waals surface area contributed by atoms with Crippen LogP contribution < -0.4 is 5.32 Å². The van der Waals surface area contributed by atoms with E-state index in [4.69, 9.17) is 0 Å². The lowest BCUT2D eigenvalue weighted by Gasteiger charge is -2.06. The first-order valence-electron chi connectivity index (χ1n) is 7.04. The summed E-state index contributed by atoms with van der Waals surface area (Å²) in [5.74, 6) is 0.896. The van der Waals surface area contributed by atoms with Crippen LogP contribution in [0.5, 0.6) is 0 Å². The Kier molecular flexibility index (Phi) is 8.82. The van der Waals surface area contributed by atoms with Crippen molar-refractivity contribution in [1.29, 1.82) is 0 Å². The molecule has 0 radical (unpaired) electrons. The zero-order chi connectivity index (χ0) is 13.1. The number of halogens is 1. The maximum Gasteiger partial charge on any atom is 0.143 e. The Balaban J connectivity index is 1.94. The van der Waals surface area contributed by atoms with Crippen molar-refractivity contribution in [3.8, 4) is 0 Å². The molecular formula is C14H24BrN3. The number of unbranched alkanes of at least 4 members (excludes halogenated alkanes) is 7. The van der Waals surface area contributed by atoms with Crippen molar-refractivity contribution in [3.05, 3.63) is 17.0 Å². The van der Waals surface area contributed by atoms with E-state index < -0.39 is 0 Å². The van der Waals surface area contributed by atoms with Crippen LogP contribution in [0.25, 0.3) is 0 Å². The molecule has 0 saturated heterocycles. The van der Waals surface area contributed by atoms with E-state index >= 15 is 0 Å². The zero-order valence-electron chi connectivity index (χ0n) is 11.3. The number of aromatic nitrogens is 2. The molecule has 18 heavy (non-hydrogen) atoms. The van der Waals surface area contributed by atoms with E-state index in [1.54, 1.807) is 12.5 Å². The van der Waals surface area contributed by atoms with Crippen LogP contribution in [-0.2, 0) is 0 Å². The van der Waals surface area contributed by atoms with E-state index in [1.807, 2.05) is 0 Å². The van der Waals surface area contributed by atoms with E-state index in [0.717, 1.165) is 16.8 Å². The second kappa shape index (κ2) is 10.3. The molecule has 3 nitrogen and oxygen atoms in total. The fraction of sp³-hybridized carbons (Fsp3) is 0.714. The van der Waals surface area contributed by atoms with Gasteiger partial charge in [-0.2, -0.15) is 0 Å². The second-order valence-corrected chi connectivity index (χ2v) is 5.48. The van der Waals surface area contributed by atoms with Crippen LogP contribution >= 0.6 is 15.9 Å². The van der Waals surface area contributed by atoms with Crippen LogP contribution in [0.4, 0.5) is 5.82 Å². The molecule has 0 aliphatic heterocycles. The number of anilines is 1. The number of hydrogen-bond donors (Lipinski definition) is 1. The van der Waals surface area contributed by atoms with Crippen LogP contribution in [-0.4, -0.2) is 16.5 Å². The van der Waals surface area contributed by atoms with Gasteiger partial charge in [-0.3, -0.25) is 0 Å². The predicted molar refractivity (Wildman–Crippen MR) is 80.8 cm³/mol. The van der Waals surface area contributed by atoms with Crippen molar-refractivity contribution in [2.24, 2.45) is 0 Å². The van der Waals surface area contributed by atoms with E-state index in [0.29, 0.717) is 0 Å². The average Bonchev–Trinajstić information content (AvgIpc) is 2.39. The van der Waals surface area contributed by atoms with Gasteiger partial charge in [0, 0.05) is 12.7 Å². The largest absolute Gasteiger partial charge is 0.369 e. The van der Waals surface area contributed by atoms with Gasteiger partial charge in [-0.15, -0.1) is 0 Å². The van der Waals surface area contributed by atoms with Gasteiger partial charge < -0.3 is 5.32 Å². The third kappa shape index (κ3) is 6.94. The molecular weight excluding hydrogens is 290 g/mol. The highest BCUT2D eigenvalue weighted by molar-refractivity contribution is 9.10. The van der Waals surface area contributed by atoms with Gasteiger partial charge in [0.1, 0.15) is 12.1 Å². The van der Waals surface area contributed by atoms with Gasteiger partial charge in [-0.05, 0) is 22.4 Å². The minimum absolute atomic E-state index is 0.896. The summed E-state index contributed by atoms with van der Waals surface area (Å²) in [5.41, 5.74) is 0. The normalized spacial score (nSPS) is 10.6. The molecule has 1 rings (SSSR count). The molecule has 0 aliphatic carbocycles. The summed E-state index contributed by atoms with van der Waals surface area (Å²) >= 11 is 3.43. The first-order valence-corrected chi connectivity index (χ1v) is 7.83. The lowest BCUT2D eigenvalue weighted by atomic mass is 10.1. The molecule has 1 aromatic heterocycles. The van der Waals surface area contributed by atoms with Crippen molar-refractivity contribution < 1.29 is 0 Å². The first-order chi connectivity index (χ1) is 8.84. The SMILES string of the molecule is CCCCCCCCCCNc1ncncc1Br. The summed E-state index contributed by atoms with van der Waals surface area (Å²) in [6, 6.07) is 0. The van der Waals surface area contributed by atoms with Gasteiger partial charge in [0.05, 0.1) is 4.47 Å². The van der Waals surface area contributed by atoms with Gasteiger partial charge in [-0.1, -0.05) is 51.9 Å².